The van der Waals surface area contributed by atoms with Gasteiger partial charge >= 0.3 is 5.97 Å². The number of furan rings is 1. The molecule has 1 unspecified atom stereocenters. The predicted molar refractivity (Wildman–Crippen MR) is 70.2 cm³/mol. The minimum atomic E-state index is -1.00. The predicted octanol–water partition coefficient (Wildman–Crippen LogP) is 1.47. The molecule has 3 aliphatic heterocycles. The molecule has 2 N–H and O–H groups in total. The van der Waals surface area contributed by atoms with Crippen LogP contribution in [0.2, 0.25) is 0 Å². The Morgan fingerprint density at radius 3 is 2.79 bits per heavy atom. The van der Waals surface area contributed by atoms with Crippen LogP contribution in [0.1, 0.15) is 34.7 Å². The lowest BCUT2D eigenvalue weighted by atomic mass is 9.84. The fraction of sp³-hybridized carbons (Fsp3) is 0.643. The molecular weight excluding hydrogens is 244 g/mol. The molecule has 4 heterocycles. The van der Waals surface area contributed by atoms with E-state index in [2.05, 4.69) is 10.2 Å². The lowest BCUT2D eigenvalue weighted by Gasteiger charge is -2.45. The summed E-state index contributed by atoms with van der Waals surface area (Å²) in [5, 5.41) is 12.5. The zero-order valence-corrected chi connectivity index (χ0v) is 11.2. The van der Waals surface area contributed by atoms with Gasteiger partial charge in [-0.25, -0.2) is 4.79 Å². The number of carbonyl (C=O) groups is 1. The summed E-state index contributed by atoms with van der Waals surface area (Å²) >= 11 is 0. The van der Waals surface area contributed by atoms with Crippen molar-refractivity contribution in [2.24, 2.45) is 5.92 Å². The van der Waals surface area contributed by atoms with E-state index in [1.807, 2.05) is 6.92 Å². The van der Waals surface area contributed by atoms with Crippen LogP contribution in [0.25, 0.3) is 0 Å². The summed E-state index contributed by atoms with van der Waals surface area (Å²) in [6.45, 7) is 6.10. The Balaban J connectivity index is 1.61. The third-order valence-corrected chi connectivity index (χ3v) is 4.44. The van der Waals surface area contributed by atoms with Gasteiger partial charge in [-0.2, -0.15) is 0 Å². The highest BCUT2D eigenvalue weighted by atomic mass is 16.4. The second-order valence-electron chi connectivity index (χ2n) is 5.62. The second-order valence-corrected chi connectivity index (χ2v) is 5.62. The molecule has 0 saturated carbocycles. The van der Waals surface area contributed by atoms with E-state index in [-0.39, 0.29) is 5.76 Å². The molecule has 4 rings (SSSR count). The molecule has 19 heavy (non-hydrogen) atoms. The first kappa shape index (κ1) is 12.7. The van der Waals surface area contributed by atoms with Crippen LogP contribution in [-0.2, 0) is 6.54 Å². The van der Waals surface area contributed by atoms with Crippen molar-refractivity contribution in [2.75, 3.05) is 19.6 Å². The van der Waals surface area contributed by atoms with Crippen LogP contribution in [0.5, 0.6) is 0 Å². The van der Waals surface area contributed by atoms with Crippen LogP contribution in [0.15, 0.2) is 10.5 Å². The summed E-state index contributed by atoms with van der Waals surface area (Å²) in [6.07, 6.45) is 2.56. The highest BCUT2D eigenvalue weighted by Crippen LogP contribution is 2.27. The topological polar surface area (TPSA) is 65.7 Å². The van der Waals surface area contributed by atoms with Crippen molar-refractivity contribution >= 4 is 5.97 Å². The van der Waals surface area contributed by atoms with Crippen LogP contribution >= 0.6 is 0 Å². The van der Waals surface area contributed by atoms with E-state index in [0.29, 0.717) is 18.3 Å². The fourth-order valence-corrected chi connectivity index (χ4v) is 3.24. The van der Waals surface area contributed by atoms with Crippen molar-refractivity contribution in [3.8, 4) is 0 Å². The smallest absolute Gasteiger partial charge is 0.371 e. The van der Waals surface area contributed by atoms with Crippen LogP contribution in [0.4, 0.5) is 0 Å². The average molecular weight is 264 g/mol. The van der Waals surface area contributed by atoms with Gasteiger partial charge < -0.3 is 19.7 Å². The summed E-state index contributed by atoms with van der Waals surface area (Å²) in [6, 6.07) is 2.16. The van der Waals surface area contributed by atoms with Gasteiger partial charge in [0.2, 0.25) is 5.76 Å². The zero-order valence-electron chi connectivity index (χ0n) is 11.2. The summed E-state index contributed by atoms with van der Waals surface area (Å²) in [7, 11) is 0. The molecule has 104 valence electrons. The molecule has 1 aromatic heterocycles. The first-order valence-corrected chi connectivity index (χ1v) is 6.92. The Bertz CT molecular complexity index is 475. The van der Waals surface area contributed by atoms with Gasteiger partial charge in [0.25, 0.3) is 0 Å². The number of hydrogen-bond donors (Lipinski definition) is 2. The number of carboxylic acids is 1. The van der Waals surface area contributed by atoms with Gasteiger partial charge in [0.1, 0.15) is 5.76 Å². The molecule has 0 radical (unpaired) electrons. The monoisotopic (exact) mass is 264 g/mol. The van der Waals surface area contributed by atoms with E-state index in [0.717, 1.165) is 18.0 Å². The van der Waals surface area contributed by atoms with Crippen molar-refractivity contribution < 1.29 is 14.3 Å². The molecule has 3 saturated heterocycles. The minimum absolute atomic E-state index is 0.0308. The Hall–Kier alpha value is -1.33. The van der Waals surface area contributed by atoms with Crippen molar-refractivity contribution in [1.82, 2.24) is 10.2 Å². The Morgan fingerprint density at radius 2 is 2.26 bits per heavy atom. The third-order valence-electron chi connectivity index (χ3n) is 4.44. The second kappa shape index (κ2) is 4.98. The zero-order chi connectivity index (χ0) is 13.4. The third kappa shape index (κ3) is 2.53. The molecule has 0 aromatic carbocycles. The molecule has 0 spiro atoms. The van der Waals surface area contributed by atoms with Gasteiger partial charge in [-0.3, -0.25) is 0 Å². The lowest BCUT2D eigenvalue weighted by Crippen LogP contribution is -2.55. The van der Waals surface area contributed by atoms with Gasteiger partial charge in [0, 0.05) is 24.7 Å². The molecule has 3 fully saturated rings. The van der Waals surface area contributed by atoms with Crippen molar-refractivity contribution in [3.05, 3.63) is 23.2 Å². The van der Waals surface area contributed by atoms with Gasteiger partial charge in [0.05, 0.1) is 0 Å². The normalized spacial score (nSPS) is 29.6. The van der Waals surface area contributed by atoms with Crippen LogP contribution in [0.3, 0.4) is 0 Å². The Morgan fingerprint density at radius 1 is 1.53 bits per heavy atom. The number of aryl methyl sites for hydroxylation is 1. The maximum atomic E-state index is 10.9. The van der Waals surface area contributed by atoms with Gasteiger partial charge in [-0.05, 0) is 44.8 Å². The molecule has 3 aliphatic rings. The van der Waals surface area contributed by atoms with Crippen molar-refractivity contribution in [2.45, 2.75) is 32.4 Å². The van der Waals surface area contributed by atoms with E-state index in [1.54, 1.807) is 6.07 Å². The Kier molecular flexibility index (Phi) is 3.33. The van der Waals surface area contributed by atoms with Crippen molar-refractivity contribution in [1.29, 1.82) is 0 Å². The maximum Gasteiger partial charge on any atom is 0.371 e. The van der Waals surface area contributed by atoms with Crippen molar-refractivity contribution in [3.63, 3.8) is 0 Å². The largest absolute Gasteiger partial charge is 0.475 e. The number of rotatable bonds is 4. The van der Waals surface area contributed by atoms with E-state index in [9.17, 15) is 4.79 Å². The molecule has 0 amide bonds. The number of nitrogens with one attached hydrogen (secondary N) is 1. The lowest BCUT2D eigenvalue weighted by molar-refractivity contribution is 0.0661. The summed E-state index contributed by atoms with van der Waals surface area (Å²) in [5.74, 6) is 0.503. The maximum absolute atomic E-state index is 10.9. The fourth-order valence-electron chi connectivity index (χ4n) is 3.24. The number of piperidine rings is 3. The minimum Gasteiger partial charge on any atom is -0.475 e. The molecular formula is C14H20N2O3. The van der Waals surface area contributed by atoms with E-state index >= 15 is 0 Å². The van der Waals surface area contributed by atoms with Gasteiger partial charge in [0.15, 0.2) is 0 Å². The highest BCUT2D eigenvalue weighted by Gasteiger charge is 2.33. The Labute approximate surface area is 112 Å². The number of aromatic carboxylic acids is 1. The number of nitrogens with zero attached hydrogens (tertiary/aromatic N) is 1. The van der Waals surface area contributed by atoms with Gasteiger partial charge in [-0.1, -0.05) is 0 Å². The standard InChI is InChI=1S/C14H20N2O3/c1-9-11(6-13(19-9)14(17)18)7-15-12-8-16-4-2-10(12)3-5-16/h6,10,12,15H,2-5,7-8H2,1H3,(H,17,18). The van der Waals surface area contributed by atoms with E-state index < -0.39 is 5.97 Å². The molecule has 5 heteroatoms. The summed E-state index contributed by atoms with van der Waals surface area (Å²) in [4.78, 5) is 13.4. The van der Waals surface area contributed by atoms with E-state index in [1.165, 1.54) is 25.9 Å². The van der Waals surface area contributed by atoms with Crippen LogP contribution in [-0.4, -0.2) is 41.7 Å². The quantitative estimate of drug-likeness (QED) is 0.862. The number of carboxylic acid groups (broad SMARTS) is 1. The van der Waals surface area contributed by atoms with Crippen LogP contribution in [0, 0.1) is 12.8 Å². The van der Waals surface area contributed by atoms with E-state index in [4.69, 9.17) is 9.52 Å². The number of hydrogen-bond acceptors (Lipinski definition) is 4. The SMILES string of the molecule is Cc1oc(C(=O)O)cc1CNC1CN2CCC1CC2. The van der Waals surface area contributed by atoms with Crippen LogP contribution < -0.4 is 5.32 Å². The average Bonchev–Trinajstić information content (AvgIpc) is 2.79. The summed E-state index contributed by atoms with van der Waals surface area (Å²) < 4.78 is 5.23. The first-order valence-electron chi connectivity index (χ1n) is 6.92. The number of fused-ring (bicyclic) bond motifs is 3. The first-order chi connectivity index (χ1) is 9.13. The molecule has 1 aromatic rings. The molecule has 2 bridgehead atoms. The van der Waals surface area contributed by atoms with Gasteiger partial charge in [-0.15, -0.1) is 0 Å². The molecule has 0 aliphatic carbocycles. The molecule has 1 atom stereocenters. The highest BCUT2D eigenvalue weighted by molar-refractivity contribution is 5.84. The molecule has 5 nitrogen and oxygen atoms in total. The summed E-state index contributed by atoms with van der Waals surface area (Å²) in [5.41, 5.74) is 0.953.